The van der Waals surface area contributed by atoms with Crippen molar-refractivity contribution in [2.75, 3.05) is 19.8 Å². The van der Waals surface area contributed by atoms with Gasteiger partial charge in [0.25, 0.3) is 5.91 Å². The molecule has 0 bridgehead atoms. The zero-order valence-electron chi connectivity index (χ0n) is 15.6. The molecule has 1 aromatic rings. The van der Waals surface area contributed by atoms with Gasteiger partial charge in [-0.1, -0.05) is 11.6 Å². The molecule has 1 N–H and O–H groups in total. The molecule has 2 aliphatic rings. The molecule has 1 saturated heterocycles. The van der Waals surface area contributed by atoms with Crippen LogP contribution in [0.25, 0.3) is 0 Å². The number of hydrogen-bond acceptors (Lipinski definition) is 5. The number of hydrogen-bond donors (Lipinski definition) is 1. The van der Waals surface area contributed by atoms with Gasteiger partial charge in [0.05, 0.1) is 37.6 Å². The third-order valence-corrected chi connectivity index (χ3v) is 5.04. The first kappa shape index (κ1) is 22.1. The highest BCUT2D eigenvalue weighted by molar-refractivity contribution is 6.30. The van der Waals surface area contributed by atoms with Gasteiger partial charge in [-0.05, 0) is 37.1 Å². The van der Waals surface area contributed by atoms with Crippen LogP contribution >= 0.6 is 11.6 Å². The van der Waals surface area contributed by atoms with E-state index in [4.69, 9.17) is 25.8 Å². The fourth-order valence-corrected chi connectivity index (χ4v) is 3.31. The third-order valence-electron chi connectivity index (χ3n) is 4.79. The Hall–Kier alpha value is -1.55. The van der Waals surface area contributed by atoms with Gasteiger partial charge in [-0.3, -0.25) is 9.53 Å². The first-order valence-electron chi connectivity index (χ1n) is 9.42. The fourth-order valence-electron chi connectivity index (χ4n) is 3.18. The standard InChI is InChI=1S/C19H23ClF3NO5/c20-12-1-4-14(5-2-12)28-11-18(25)24-13-3-6-15(26-9-13)10-27-16-7-17(8-16)29-19(21,22)23/h1-2,4-5,13,15-17H,3,6-11H2,(H,24,25)/t13-,15+,16?,17?/m0/s1. The summed E-state index contributed by atoms with van der Waals surface area (Å²) in [4.78, 5) is 12.0. The van der Waals surface area contributed by atoms with Crippen LogP contribution in [0.15, 0.2) is 24.3 Å². The number of benzene rings is 1. The van der Waals surface area contributed by atoms with Crippen molar-refractivity contribution in [1.82, 2.24) is 5.32 Å². The molecule has 10 heteroatoms. The highest BCUT2D eigenvalue weighted by Gasteiger charge is 2.40. The quantitative estimate of drug-likeness (QED) is 0.674. The highest BCUT2D eigenvalue weighted by Crippen LogP contribution is 2.32. The largest absolute Gasteiger partial charge is 0.522 e. The molecule has 29 heavy (non-hydrogen) atoms. The Kier molecular flexibility index (Phi) is 7.61. The summed E-state index contributed by atoms with van der Waals surface area (Å²) >= 11 is 5.79. The number of alkyl halides is 3. The summed E-state index contributed by atoms with van der Waals surface area (Å²) in [7, 11) is 0. The van der Waals surface area contributed by atoms with Crippen LogP contribution in [0.4, 0.5) is 13.2 Å². The lowest BCUT2D eigenvalue weighted by Crippen LogP contribution is -2.46. The van der Waals surface area contributed by atoms with E-state index in [2.05, 4.69) is 10.1 Å². The molecular formula is C19H23ClF3NO5. The summed E-state index contributed by atoms with van der Waals surface area (Å²) in [6.45, 7) is 0.572. The van der Waals surface area contributed by atoms with Crippen molar-refractivity contribution in [2.24, 2.45) is 0 Å². The van der Waals surface area contributed by atoms with Gasteiger partial charge >= 0.3 is 6.36 Å². The SMILES string of the molecule is O=C(COc1ccc(Cl)cc1)N[C@H]1CC[C@H](COC2CC(OC(F)(F)F)C2)OC1. The smallest absolute Gasteiger partial charge is 0.484 e. The summed E-state index contributed by atoms with van der Waals surface area (Å²) in [5.74, 6) is 0.314. The van der Waals surface area contributed by atoms with Gasteiger partial charge in [-0.15, -0.1) is 13.2 Å². The number of ether oxygens (including phenoxy) is 4. The molecule has 1 heterocycles. The summed E-state index contributed by atoms with van der Waals surface area (Å²) in [6, 6.07) is 6.62. The Morgan fingerprint density at radius 1 is 1.17 bits per heavy atom. The Morgan fingerprint density at radius 3 is 2.52 bits per heavy atom. The molecule has 1 aliphatic carbocycles. The first-order valence-corrected chi connectivity index (χ1v) is 9.80. The third kappa shape index (κ3) is 7.65. The van der Waals surface area contributed by atoms with E-state index >= 15 is 0 Å². The molecule has 1 aromatic carbocycles. The summed E-state index contributed by atoms with van der Waals surface area (Å²) < 4.78 is 56.8. The van der Waals surface area contributed by atoms with Crippen LogP contribution in [-0.4, -0.2) is 56.4 Å². The molecule has 2 atom stereocenters. The molecule has 1 saturated carbocycles. The van der Waals surface area contributed by atoms with Gasteiger partial charge in [-0.25, -0.2) is 0 Å². The summed E-state index contributed by atoms with van der Waals surface area (Å²) in [5.41, 5.74) is 0. The first-order chi connectivity index (χ1) is 13.8. The fraction of sp³-hybridized carbons (Fsp3) is 0.632. The van der Waals surface area contributed by atoms with Gasteiger partial charge < -0.3 is 19.5 Å². The normalized spacial score (nSPS) is 27.2. The lowest BCUT2D eigenvalue weighted by atomic mass is 9.92. The van der Waals surface area contributed by atoms with E-state index in [9.17, 15) is 18.0 Å². The minimum absolute atomic E-state index is 0.104. The van der Waals surface area contributed by atoms with Crippen molar-refractivity contribution in [2.45, 2.75) is 56.4 Å². The number of carbonyl (C=O) groups is 1. The Labute approximate surface area is 171 Å². The van der Waals surface area contributed by atoms with Crippen molar-refractivity contribution in [3.63, 3.8) is 0 Å². The molecule has 6 nitrogen and oxygen atoms in total. The number of halogens is 4. The molecule has 0 spiro atoms. The zero-order chi connectivity index (χ0) is 20.9. The van der Waals surface area contributed by atoms with Crippen LogP contribution in [0, 0.1) is 0 Å². The van der Waals surface area contributed by atoms with Crippen molar-refractivity contribution >= 4 is 17.5 Å². The molecular weight excluding hydrogens is 415 g/mol. The maximum atomic E-state index is 12.1. The van der Waals surface area contributed by atoms with E-state index in [1.807, 2.05) is 0 Å². The molecule has 162 valence electrons. The second-order valence-corrected chi connectivity index (χ2v) is 7.59. The molecule has 1 aliphatic heterocycles. The Bertz CT molecular complexity index is 659. The minimum Gasteiger partial charge on any atom is -0.484 e. The second kappa shape index (κ2) is 9.97. The topological polar surface area (TPSA) is 66.0 Å². The maximum Gasteiger partial charge on any atom is 0.522 e. The van der Waals surface area contributed by atoms with E-state index in [0.717, 1.165) is 6.42 Å². The number of rotatable bonds is 8. The van der Waals surface area contributed by atoms with Gasteiger partial charge in [0.2, 0.25) is 0 Å². The van der Waals surface area contributed by atoms with Gasteiger partial charge in [0.15, 0.2) is 6.61 Å². The van der Waals surface area contributed by atoms with Crippen molar-refractivity contribution in [1.29, 1.82) is 0 Å². The van der Waals surface area contributed by atoms with Crippen LogP contribution in [0.2, 0.25) is 5.02 Å². The number of nitrogens with one attached hydrogen (secondary N) is 1. The maximum absolute atomic E-state index is 12.1. The predicted octanol–water partition coefficient (Wildman–Crippen LogP) is 3.47. The van der Waals surface area contributed by atoms with E-state index in [1.165, 1.54) is 0 Å². The molecule has 0 unspecified atom stereocenters. The van der Waals surface area contributed by atoms with Crippen molar-refractivity contribution in [3.05, 3.63) is 29.3 Å². The zero-order valence-corrected chi connectivity index (χ0v) is 16.4. The molecule has 3 rings (SSSR count). The highest BCUT2D eigenvalue weighted by atomic mass is 35.5. The van der Waals surface area contributed by atoms with E-state index in [1.54, 1.807) is 24.3 Å². The van der Waals surface area contributed by atoms with Gasteiger partial charge in [0, 0.05) is 17.9 Å². The van der Waals surface area contributed by atoms with Crippen molar-refractivity contribution in [3.8, 4) is 5.75 Å². The average molecular weight is 438 g/mol. The Morgan fingerprint density at radius 2 is 1.90 bits per heavy atom. The van der Waals surface area contributed by atoms with Crippen LogP contribution in [-0.2, 0) is 19.0 Å². The predicted molar refractivity (Wildman–Crippen MR) is 97.8 cm³/mol. The van der Waals surface area contributed by atoms with E-state index in [0.29, 0.717) is 30.4 Å². The monoisotopic (exact) mass is 437 g/mol. The molecule has 0 aromatic heterocycles. The van der Waals surface area contributed by atoms with E-state index < -0.39 is 12.5 Å². The van der Waals surface area contributed by atoms with Gasteiger partial charge in [0.1, 0.15) is 5.75 Å². The van der Waals surface area contributed by atoms with E-state index in [-0.39, 0.29) is 43.6 Å². The van der Waals surface area contributed by atoms with Crippen LogP contribution in [0.3, 0.4) is 0 Å². The second-order valence-electron chi connectivity index (χ2n) is 7.15. The summed E-state index contributed by atoms with van der Waals surface area (Å²) in [5, 5.41) is 3.45. The molecule has 2 fully saturated rings. The minimum atomic E-state index is -4.60. The number of carbonyl (C=O) groups excluding carboxylic acids is 1. The summed E-state index contributed by atoms with van der Waals surface area (Å²) in [6.07, 6.45) is -3.88. The molecule has 0 radical (unpaired) electrons. The van der Waals surface area contributed by atoms with Crippen LogP contribution < -0.4 is 10.1 Å². The van der Waals surface area contributed by atoms with Crippen molar-refractivity contribution < 1.29 is 36.9 Å². The lowest BCUT2D eigenvalue weighted by molar-refractivity contribution is -0.357. The number of amides is 1. The molecule has 1 amide bonds. The lowest BCUT2D eigenvalue weighted by Gasteiger charge is -2.36. The van der Waals surface area contributed by atoms with Crippen LogP contribution in [0.5, 0.6) is 5.75 Å². The Balaban J connectivity index is 1.25. The van der Waals surface area contributed by atoms with Gasteiger partial charge in [-0.2, -0.15) is 0 Å². The van der Waals surface area contributed by atoms with Crippen LogP contribution in [0.1, 0.15) is 25.7 Å². The average Bonchev–Trinajstić information content (AvgIpc) is 2.63.